The number of halogens is 3. The fraction of sp³-hybridized carbons (Fsp3) is 0.353. The van der Waals surface area contributed by atoms with Crippen molar-refractivity contribution in [3.05, 3.63) is 59.9 Å². The van der Waals surface area contributed by atoms with Crippen LogP contribution in [0.15, 0.2) is 48.8 Å². The molecule has 0 saturated heterocycles. The molecule has 2 rings (SSSR count). The van der Waals surface area contributed by atoms with E-state index in [2.05, 4.69) is 10.3 Å². The Labute approximate surface area is 138 Å². The molecule has 130 valence electrons. The Morgan fingerprint density at radius 3 is 2.75 bits per heavy atom. The highest BCUT2D eigenvalue weighted by molar-refractivity contribution is 5.25. The van der Waals surface area contributed by atoms with E-state index in [1.54, 1.807) is 30.6 Å². The van der Waals surface area contributed by atoms with Gasteiger partial charge in [0.25, 0.3) is 0 Å². The van der Waals surface area contributed by atoms with Crippen LogP contribution in [0.2, 0.25) is 0 Å². The smallest absolute Gasteiger partial charge is 0.416 e. The largest absolute Gasteiger partial charge is 0.490 e. The molecule has 24 heavy (non-hydrogen) atoms. The number of benzene rings is 1. The zero-order chi connectivity index (χ0) is 17.4. The first-order chi connectivity index (χ1) is 11.4. The average Bonchev–Trinajstić information content (AvgIpc) is 2.57. The standard InChI is InChI=1S/C17H20F3N3O/c18-17(19,20)14-4-1-3-13(9-14)10-23-8-6-15(21)12-24-16-5-2-7-22-11-16/h1-5,7,9,11,15,23H,6,8,10,12,21H2. The molecular formula is C17H20F3N3O. The number of aromatic nitrogens is 1. The predicted octanol–water partition coefficient (Wildman–Crippen LogP) is 2.99. The third-order valence-electron chi connectivity index (χ3n) is 3.37. The maximum Gasteiger partial charge on any atom is 0.416 e. The van der Waals surface area contributed by atoms with Crippen LogP contribution in [-0.2, 0) is 12.7 Å². The quantitative estimate of drug-likeness (QED) is 0.726. The van der Waals surface area contributed by atoms with Crippen LogP contribution in [0.3, 0.4) is 0 Å². The third kappa shape index (κ3) is 6.17. The topological polar surface area (TPSA) is 60.2 Å². The lowest BCUT2D eigenvalue weighted by atomic mass is 10.1. The number of hydrogen-bond acceptors (Lipinski definition) is 4. The monoisotopic (exact) mass is 339 g/mol. The summed E-state index contributed by atoms with van der Waals surface area (Å²) in [5.74, 6) is 0.657. The minimum absolute atomic E-state index is 0.167. The van der Waals surface area contributed by atoms with Crippen LogP contribution in [0.5, 0.6) is 5.75 Å². The summed E-state index contributed by atoms with van der Waals surface area (Å²) in [5.41, 5.74) is 5.90. The summed E-state index contributed by atoms with van der Waals surface area (Å²) < 4.78 is 43.4. The van der Waals surface area contributed by atoms with Gasteiger partial charge in [-0.1, -0.05) is 18.2 Å². The van der Waals surface area contributed by atoms with Crippen LogP contribution in [0.25, 0.3) is 0 Å². The summed E-state index contributed by atoms with van der Waals surface area (Å²) in [6.07, 6.45) is -0.398. The van der Waals surface area contributed by atoms with E-state index < -0.39 is 11.7 Å². The Morgan fingerprint density at radius 1 is 1.21 bits per heavy atom. The molecule has 3 N–H and O–H groups in total. The van der Waals surface area contributed by atoms with Crippen LogP contribution in [0.4, 0.5) is 13.2 Å². The summed E-state index contributed by atoms with van der Waals surface area (Å²) in [6, 6.07) is 8.69. The van der Waals surface area contributed by atoms with Crippen molar-refractivity contribution in [3.63, 3.8) is 0 Å². The minimum Gasteiger partial charge on any atom is -0.490 e. The van der Waals surface area contributed by atoms with Crippen LogP contribution < -0.4 is 15.8 Å². The molecule has 1 unspecified atom stereocenters. The molecule has 1 aromatic carbocycles. The van der Waals surface area contributed by atoms with E-state index in [4.69, 9.17) is 10.5 Å². The van der Waals surface area contributed by atoms with Crippen LogP contribution >= 0.6 is 0 Å². The zero-order valence-electron chi connectivity index (χ0n) is 13.1. The minimum atomic E-state index is -4.32. The first-order valence-electron chi connectivity index (χ1n) is 7.60. The van der Waals surface area contributed by atoms with Gasteiger partial charge >= 0.3 is 6.18 Å². The first kappa shape index (κ1) is 18.2. The highest BCUT2D eigenvalue weighted by atomic mass is 19.4. The van der Waals surface area contributed by atoms with Crippen molar-refractivity contribution >= 4 is 0 Å². The summed E-state index contributed by atoms with van der Waals surface area (Å²) in [7, 11) is 0. The Balaban J connectivity index is 1.67. The van der Waals surface area contributed by atoms with Crippen LogP contribution in [0, 0.1) is 0 Å². The van der Waals surface area contributed by atoms with Gasteiger partial charge in [0, 0.05) is 18.8 Å². The number of hydrogen-bond donors (Lipinski definition) is 2. The molecule has 0 amide bonds. The van der Waals surface area contributed by atoms with Gasteiger partial charge in [0.05, 0.1) is 11.8 Å². The molecule has 0 aliphatic rings. The van der Waals surface area contributed by atoms with Gasteiger partial charge in [0.15, 0.2) is 0 Å². The molecule has 0 saturated carbocycles. The highest BCUT2D eigenvalue weighted by Crippen LogP contribution is 2.29. The molecule has 1 heterocycles. The van der Waals surface area contributed by atoms with E-state index in [1.165, 1.54) is 6.07 Å². The van der Waals surface area contributed by atoms with E-state index in [0.29, 0.717) is 37.4 Å². The molecular weight excluding hydrogens is 319 g/mol. The van der Waals surface area contributed by atoms with Gasteiger partial charge in [0.2, 0.25) is 0 Å². The number of ether oxygens (including phenoxy) is 1. The molecule has 2 aromatic rings. The van der Waals surface area contributed by atoms with Gasteiger partial charge in [-0.05, 0) is 36.7 Å². The molecule has 0 radical (unpaired) electrons. The van der Waals surface area contributed by atoms with Gasteiger partial charge in [-0.3, -0.25) is 4.98 Å². The highest BCUT2D eigenvalue weighted by Gasteiger charge is 2.30. The van der Waals surface area contributed by atoms with E-state index in [0.717, 1.165) is 12.1 Å². The van der Waals surface area contributed by atoms with Gasteiger partial charge in [-0.15, -0.1) is 0 Å². The maximum absolute atomic E-state index is 12.6. The lowest BCUT2D eigenvalue weighted by Gasteiger charge is -2.14. The molecule has 0 fully saturated rings. The number of alkyl halides is 3. The van der Waals surface area contributed by atoms with E-state index in [1.807, 2.05) is 0 Å². The van der Waals surface area contributed by atoms with Crippen molar-refractivity contribution in [1.82, 2.24) is 10.3 Å². The van der Waals surface area contributed by atoms with Crippen molar-refractivity contribution in [2.45, 2.75) is 25.2 Å². The lowest BCUT2D eigenvalue weighted by molar-refractivity contribution is -0.137. The number of rotatable bonds is 8. The Bertz CT molecular complexity index is 620. The lowest BCUT2D eigenvalue weighted by Crippen LogP contribution is -2.31. The summed E-state index contributed by atoms with van der Waals surface area (Å²) >= 11 is 0. The third-order valence-corrected chi connectivity index (χ3v) is 3.37. The number of nitrogens with two attached hydrogens (primary N) is 1. The second-order valence-electron chi connectivity index (χ2n) is 5.42. The van der Waals surface area contributed by atoms with E-state index in [-0.39, 0.29) is 6.04 Å². The SMILES string of the molecule is NC(CCNCc1cccc(C(F)(F)F)c1)COc1cccnc1. The Kier molecular flexibility index (Phi) is 6.57. The van der Waals surface area contributed by atoms with Gasteiger partial charge in [0.1, 0.15) is 12.4 Å². The van der Waals surface area contributed by atoms with Crippen LogP contribution in [-0.4, -0.2) is 24.2 Å². The molecule has 0 spiro atoms. The second-order valence-corrected chi connectivity index (χ2v) is 5.42. The molecule has 0 aliphatic heterocycles. The fourth-order valence-electron chi connectivity index (χ4n) is 2.10. The summed E-state index contributed by atoms with van der Waals surface area (Å²) in [6.45, 7) is 1.31. The summed E-state index contributed by atoms with van der Waals surface area (Å²) in [4.78, 5) is 3.94. The van der Waals surface area contributed by atoms with E-state index >= 15 is 0 Å². The second kappa shape index (κ2) is 8.65. The normalized spacial score (nSPS) is 12.8. The van der Waals surface area contributed by atoms with Crippen molar-refractivity contribution in [1.29, 1.82) is 0 Å². The molecule has 0 bridgehead atoms. The molecule has 4 nitrogen and oxygen atoms in total. The van der Waals surface area contributed by atoms with E-state index in [9.17, 15) is 13.2 Å². The van der Waals surface area contributed by atoms with Gasteiger partial charge < -0.3 is 15.8 Å². The summed E-state index contributed by atoms with van der Waals surface area (Å²) in [5, 5.41) is 3.09. The number of pyridine rings is 1. The average molecular weight is 339 g/mol. The zero-order valence-corrected chi connectivity index (χ0v) is 13.1. The maximum atomic E-state index is 12.6. The van der Waals surface area contributed by atoms with Crippen molar-refractivity contribution in [2.75, 3.05) is 13.2 Å². The van der Waals surface area contributed by atoms with Crippen molar-refractivity contribution in [3.8, 4) is 5.75 Å². The van der Waals surface area contributed by atoms with Crippen molar-refractivity contribution < 1.29 is 17.9 Å². The molecule has 7 heteroatoms. The molecule has 0 aliphatic carbocycles. The fourth-order valence-corrected chi connectivity index (χ4v) is 2.10. The number of nitrogens with one attached hydrogen (secondary N) is 1. The van der Waals surface area contributed by atoms with Gasteiger partial charge in [-0.2, -0.15) is 13.2 Å². The molecule has 1 atom stereocenters. The van der Waals surface area contributed by atoms with Crippen LogP contribution in [0.1, 0.15) is 17.5 Å². The van der Waals surface area contributed by atoms with Crippen molar-refractivity contribution in [2.24, 2.45) is 5.73 Å². The Hall–Kier alpha value is -2.12. The first-order valence-corrected chi connectivity index (χ1v) is 7.60. The molecule has 1 aromatic heterocycles. The van der Waals surface area contributed by atoms with Gasteiger partial charge in [-0.25, -0.2) is 0 Å². The Morgan fingerprint density at radius 2 is 2.04 bits per heavy atom. The number of nitrogens with zero attached hydrogens (tertiary/aromatic N) is 1. The predicted molar refractivity (Wildman–Crippen MR) is 85.5 cm³/mol.